The van der Waals surface area contributed by atoms with Gasteiger partial charge in [-0.2, -0.15) is 0 Å². The van der Waals surface area contributed by atoms with Gasteiger partial charge < -0.3 is 0 Å². The Morgan fingerprint density at radius 2 is 1.89 bits per heavy atom. The van der Waals surface area contributed by atoms with Crippen molar-refractivity contribution in [3.8, 4) is 0 Å². The lowest BCUT2D eigenvalue weighted by atomic mass is 10.2. The Kier molecular flexibility index (Phi) is 2.08. The minimum atomic E-state index is 0.751. The zero-order chi connectivity index (χ0) is 6.53. The van der Waals surface area contributed by atoms with Gasteiger partial charge in [0.05, 0.1) is 0 Å². The summed E-state index contributed by atoms with van der Waals surface area (Å²) in [7, 11) is 0. The molecule has 0 aliphatic heterocycles. The van der Waals surface area contributed by atoms with Crippen LogP contribution in [0.3, 0.4) is 0 Å². The van der Waals surface area contributed by atoms with Crippen molar-refractivity contribution in [2.24, 2.45) is 0 Å². The van der Waals surface area contributed by atoms with Crippen molar-refractivity contribution in [2.75, 3.05) is 0 Å². The van der Waals surface area contributed by atoms with Crippen LogP contribution in [-0.2, 0) is 6.42 Å². The summed E-state index contributed by atoms with van der Waals surface area (Å²) in [6.07, 6.45) is 2.16. The summed E-state index contributed by atoms with van der Waals surface area (Å²) >= 11 is 0. The monoisotopic (exact) mass is 116 g/mol. The van der Waals surface area contributed by atoms with Crippen molar-refractivity contribution in [2.45, 2.75) is 6.42 Å². The molecule has 2 radical (unpaired) electrons. The maximum absolute atomic E-state index is 6.82. The molecule has 9 heavy (non-hydrogen) atoms. The summed E-state index contributed by atoms with van der Waals surface area (Å²) in [5, 5.41) is 0. The standard InChI is InChI=1S/C9H8/c1-2-6-9-7-4-3-5-8-9/h2-5,7-8H,6H2. The molecule has 0 heterocycles. The second-order valence-corrected chi connectivity index (χ2v) is 1.89. The van der Waals surface area contributed by atoms with Gasteiger partial charge in [-0.1, -0.05) is 36.4 Å². The number of hydrogen-bond donors (Lipinski definition) is 0. The average molecular weight is 116 g/mol. The third-order valence-corrected chi connectivity index (χ3v) is 1.18. The van der Waals surface area contributed by atoms with E-state index in [4.69, 9.17) is 6.58 Å². The van der Waals surface area contributed by atoms with Crippen molar-refractivity contribution in [1.82, 2.24) is 0 Å². The van der Waals surface area contributed by atoms with E-state index in [1.807, 2.05) is 30.3 Å². The number of allylic oxidation sites excluding steroid dienone is 1. The molecule has 0 amide bonds. The Balaban J connectivity index is 2.72. The quantitative estimate of drug-likeness (QED) is 0.555. The second-order valence-electron chi connectivity index (χ2n) is 1.89. The predicted octanol–water partition coefficient (Wildman–Crippen LogP) is 2.10. The highest BCUT2D eigenvalue weighted by atomic mass is 13.9. The van der Waals surface area contributed by atoms with Crippen molar-refractivity contribution in [3.63, 3.8) is 0 Å². The lowest BCUT2D eigenvalue weighted by Crippen LogP contribution is -1.75. The van der Waals surface area contributed by atoms with E-state index in [0.29, 0.717) is 0 Å². The number of benzene rings is 1. The Morgan fingerprint density at radius 1 is 1.22 bits per heavy atom. The summed E-state index contributed by atoms with van der Waals surface area (Å²) < 4.78 is 0. The van der Waals surface area contributed by atoms with Gasteiger partial charge in [0.15, 0.2) is 0 Å². The molecular weight excluding hydrogens is 108 g/mol. The van der Waals surface area contributed by atoms with E-state index in [-0.39, 0.29) is 0 Å². The Labute approximate surface area is 55.8 Å². The average Bonchev–Trinajstić information content (AvgIpc) is 1.91. The van der Waals surface area contributed by atoms with Crippen molar-refractivity contribution in [1.29, 1.82) is 0 Å². The van der Waals surface area contributed by atoms with Gasteiger partial charge in [0.25, 0.3) is 0 Å². The molecule has 0 fully saturated rings. The van der Waals surface area contributed by atoms with Gasteiger partial charge in [-0.3, -0.25) is 0 Å². The molecule has 0 aliphatic rings. The van der Waals surface area contributed by atoms with Crippen molar-refractivity contribution < 1.29 is 0 Å². The van der Waals surface area contributed by atoms with Crippen LogP contribution < -0.4 is 0 Å². The van der Waals surface area contributed by atoms with Crippen LogP contribution in [0.1, 0.15) is 5.56 Å². The van der Waals surface area contributed by atoms with Crippen LogP contribution in [0.5, 0.6) is 0 Å². The van der Waals surface area contributed by atoms with E-state index >= 15 is 0 Å². The van der Waals surface area contributed by atoms with Crippen LogP contribution >= 0.6 is 0 Å². The minimum absolute atomic E-state index is 0.751. The van der Waals surface area contributed by atoms with Gasteiger partial charge in [-0.05, 0) is 18.6 Å². The summed E-state index contributed by atoms with van der Waals surface area (Å²) in [5.41, 5.74) is 1.20. The summed E-state index contributed by atoms with van der Waals surface area (Å²) in [6.45, 7) is 6.82. The van der Waals surface area contributed by atoms with Crippen molar-refractivity contribution in [3.05, 3.63) is 48.6 Å². The van der Waals surface area contributed by atoms with Crippen LogP contribution in [-0.4, -0.2) is 0 Å². The molecule has 0 saturated carbocycles. The molecule has 0 saturated heterocycles. The lowest BCUT2D eigenvalue weighted by Gasteiger charge is -1.90. The van der Waals surface area contributed by atoms with Crippen molar-refractivity contribution >= 4 is 0 Å². The molecule has 0 aliphatic carbocycles. The molecule has 0 N–H and O–H groups in total. The molecule has 1 rings (SSSR count). The predicted molar refractivity (Wildman–Crippen MR) is 38.0 cm³/mol. The first-order chi connectivity index (χ1) is 4.43. The van der Waals surface area contributed by atoms with Gasteiger partial charge in [-0.15, -0.1) is 0 Å². The van der Waals surface area contributed by atoms with E-state index in [1.165, 1.54) is 11.6 Å². The smallest absolute Gasteiger partial charge is 0.00880 e. The normalized spacial score (nSPS) is 8.89. The fourth-order valence-corrected chi connectivity index (χ4v) is 0.732. The minimum Gasteiger partial charge on any atom is -0.0716 e. The van der Waals surface area contributed by atoms with E-state index in [0.717, 1.165) is 6.42 Å². The van der Waals surface area contributed by atoms with E-state index in [9.17, 15) is 0 Å². The Morgan fingerprint density at radius 3 is 2.44 bits per heavy atom. The highest BCUT2D eigenvalue weighted by Crippen LogP contribution is 1.98. The van der Waals surface area contributed by atoms with Gasteiger partial charge >= 0.3 is 0 Å². The van der Waals surface area contributed by atoms with E-state index in [1.54, 1.807) is 0 Å². The molecular formula is C9H8. The molecule has 0 spiro atoms. The molecule has 0 nitrogen and oxygen atoms in total. The molecule has 0 unspecified atom stereocenters. The molecule has 0 atom stereocenters. The SMILES string of the molecule is [C]=CCc1ccccc1. The van der Waals surface area contributed by atoms with Gasteiger partial charge in [-0.25, -0.2) is 0 Å². The van der Waals surface area contributed by atoms with Crippen LogP contribution in [0.25, 0.3) is 0 Å². The first kappa shape index (κ1) is 6.09. The molecule has 0 bridgehead atoms. The molecule has 0 heteroatoms. The Hall–Kier alpha value is -1.04. The van der Waals surface area contributed by atoms with Crippen LogP contribution in [0.4, 0.5) is 0 Å². The summed E-state index contributed by atoms with van der Waals surface area (Å²) in [4.78, 5) is 0. The fourth-order valence-electron chi connectivity index (χ4n) is 0.732. The zero-order valence-corrected chi connectivity index (χ0v) is 5.17. The van der Waals surface area contributed by atoms with Crippen LogP contribution in [0.15, 0.2) is 36.4 Å². The molecule has 44 valence electrons. The van der Waals surface area contributed by atoms with Crippen LogP contribution in [0, 0.1) is 6.58 Å². The fraction of sp³-hybridized carbons (Fsp3) is 0.111. The zero-order valence-electron chi connectivity index (χ0n) is 5.17. The van der Waals surface area contributed by atoms with Gasteiger partial charge in [0.1, 0.15) is 0 Å². The Bertz CT molecular complexity index is 174. The molecule has 1 aromatic rings. The molecule has 0 aromatic heterocycles. The first-order valence-corrected chi connectivity index (χ1v) is 2.96. The van der Waals surface area contributed by atoms with Gasteiger partial charge in [0.2, 0.25) is 0 Å². The third kappa shape index (κ3) is 1.73. The highest BCUT2D eigenvalue weighted by molar-refractivity contribution is 5.16. The third-order valence-electron chi connectivity index (χ3n) is 1.18. The maximum Gasteiger partial charge on any atom is -0.00880 e. The topological polar surface area (TPSA) is 0 Å². The second kappa shape index (κ2) is 3.08. The lowest BCUT2D eigenvalue weighted by molar-refractivity contribution is 1.27. The van der Waals surface area contributed by atoms with E-state index < -0.39 is 0 Å². The molecule has 1 aromatic carbocycles. The van der Waals surface area contributed by atoms with E-state index in [2.05, 4.69) is 0 Å². The largest absolute Gasteiger partial charge is 0.0716 e. The summed E-state index contributed by atoms with van der Waals surface area (Å²) in [6, 6.07) is 9.99. The van der Waals surface area contributed by atoms with Gasteiger partial charge in [0, 0.05) is 0 Å². The highest BCUT2D eigenvalue weighted by Gasteiger charge is 1.82. The first-order valence-electron chi connectivity index (χ1n) is 2.96. The van der Waals surface area contributed by atoms with Crippen LogP contribution in [0.2, 0.25) is 0 Å². The number of hydrogen-bond acceptors (Lipinski definition) is 0. The number of rotatable bonds is 2. The summed E-state index contributed by atoms with van der Waals surface area (Å²) in [5.74, 6) is 0. The maximum atomic E-state index is 6.82.